The summed E-state index contributed by atoms with van der Waals surface area (Å²) in [5, 5.41) is 19.5. The van der Waals surface area contributed by atoms with Gasteiger partial charge in [0.1, 0.15) is 0 Å². The molecule has 0 spiro atoms. The molecular weight excluding hydrogens is 244 g/mol. The van der Waals surface area contributed by atoms with E-state index in [4.69, 9.17) is 5.73 Å². The number of carbonyl (C=O) groups excluding carboxylic acids is 1. The van der Waals surface area contributed by atoms with Crippen LogP contribution in [0.4, 0.5) is 5.69 Å². The Morgan fingerprint density at radius 1 is 1.63 bits per heavy atom. The lowest BCUT2D eigenvalue weighted by molar-refractivity contribution is 0.0468. The topological polar surface area (TPSA) is 104 Å². The van der Waals surface area contributed by atoms with Gasteiger partial charge < -0.3 is 16.2 Å². The van der Waals surface area contributed by atoms with Crippen LogP contribution in [0, 0.1) is 0 Å². The van der Waals surface area contributed by atoms with E-state index in [0.29, 0.717) is 18.0 Å². The highest BCUT2D eigenvalue weighted by Crippen LogP contribution is 2.42. The monoisotopic (exact) mass is 266 g/mol. The number of nitrogens with two attached hydrogens (primary N) is 1. The normalized spacial score (nSPS) is 18.1. The zero-order valence-corrected chi connectivity index (χ0v) is 11.5. The molecular formula is C13H22N4O2. The van der Waals surface area contributed by atoms with Crippen molar-refractivity contribution in [2.45, 2.75) is 51.0 Å². The van der Waals surface area contributed by atoms with Crippen molar-refractivity contribution in [3.63, 3.8) is 0 Å². The van der Waals surface area contributed by atoms with Gasteiger partial charge in [0.15, 0.2) is 5.69 Å². The maximum Gasteiger partial charge on any atom is 0.274 e. The van der Waals surface area contributed by atoms with Crippen molar-refractivity contribution >= 4 is 11.6 Å². The Kier molecular flexibility index (Phi) is 3.80. The van der Waals surface area contributed by atoms with Crippen molar-refractivity contribution in [3.05, 3.63) is 11.4 Å². The van der Waals surface area contributed by atoms with Gasteiger partial charge in [-0.05, 0) is 26.2 Å². The molecule has 0 bridgehead atoms. The van der Waals surface area contributed by atoms with Crippen LogP contribution in [0.1, 0.15) is 61.6 Å². The summed E-state index contributed by atoms with van der Waals surface area (Å²) >= 11 is 0. The molecule has 6 nitrogen and oxygen atoms in total. The van der Waals surface area contributed by atoms with Crippen LogP contribution in [0.3, 0.4) is 0 Å². The number of nitrogens with zero attached hydrogens (tertiary/aromatic N) is 1. The van der Waals surface area contributed by atoms with E-state index in [1.54, 1.807) is 6.92 Å². The zero-order valence-electron chi connectivity index (χ0n) is 11.5. The molecule has 1 saturated carbocycles. The molecule has 5 N–H and O–H groups in total. The summed E-state index contributed by atoms with van der Waals surface area (Å²) in [5.41, 5.74) is 6.57. The van der Waals surface area contributed by atoms with Gasteiger partial charge in [0.25, 0.3) is 5.91 Å². The number of nitrogens with one attached hydrogen (secondary N) is 2. The largest absolute Gasteiger partial charge is 0.395 e. The lowest BCUT2D eigenvalue weighted by atomic mass is 10.0. The van der Waals surface area contributed by atoms with Gasteiger partial charge in [-0.3, -0.25) is 9.89 Å². The molecule has 1 atom stereocenters. The van der Waals surface area contributed by atoms with E-state index in [1.807, 2.05) is 6.92 Å². The Labute approximate surface area is 112 Å². The highest BCUT2D eigenvalue weighted by molar-refractivity contribution is 5.97. The third-order valence-corrected chi connectivity index (χ3v) is 3.45. The Bertz CT molecular complexity index is 463. The number of nitrogen functional groups attached to an aromatic ring is 1. The SMILES string of the molecule is CCCC(C)(O)CNC(=O)c1n[nH]c(C2CC2)c1N. The lowest BCUT2D eigenvalue weighted by Crippen LogP contribution is -2.40. The fraction of sp³-hybridized carbons (Fsp3) is 0.692. The summed E-state index contributed by atoms with van der Waals surface area (Å²) in [6.07, 6.45) is 3.69. The number of aliphatic hydroxyl groups is 1. The van der Waals surface area contributed by atoms with Crippen molar-refractivity contribution in [2.75, 3.05) is 12.3 Å². The first-order valence-corrected chi connectivity index (χ1v) is 6.79. The maximum atomic E-state index is 12.0. The van der Waals surface area contributed by atoms with E-state index < -0.39 is 5.60 Å². The average molecular weight is 266 g/mol. The van der Waals surface area contributed by atoms with Crippen LogP contribution in [0.5, 0.6) is 0 Å². The molecule has 0 radical (unpaired) electrons. The van der Waals surface area contributed by atoms with Crippen LogP contribution in [0.2, 0.25) is 0 Å². The van der Waals surface area contributed by atoms with Gasteiger partial charge >= 0.3 is 0 Å². The number of carbonyl (C=O) groups is 1. The Morgan fingerprint density at radius 2 is 2.32 bits per heavy atom. The molecule has 1 aliphatic rings. The van der Waals surface area contributed by atoms with Gasteiger partial charge in [0, 0.05) is 12.5 Å². The molecule has 0 saturated heterocycles. The Balaban J connectivity index is 1.96. The number of hydrogen-bond acceptors (Lipinski definition) is 4. The molecule has 1 aromatic rings. The van der Waals surface area contributed by atoms with Gasteiger partial charge in [-0.2, -0.15) is 5.10 Å². The van der Waals surface area contributed by atoms with E-state index in [2.05, 4.69) is 15.5 Å². The second-order valence-corrected chi connectivity index (χ2v) is 5.60. The average Bonchev–Trinajstić information content (AvgIpc) is 3.10. The number of hydrogen-bond donors (Lipinski definition) is 4. The van der Waals surface area contributed by atoms with Crippen molar-refractivity contribution in [3.8, 4) is 0 Å². The molecule has 2 rings (SSSR count). The first-order valence-electron chi connectivity index (χ1n) is 6.79. The maximum absolute atomic E-state index is 12.0. The third kappa shape index (κ3) is 3.26. The first-order chi connectivity index (χ1) is 8.94. The van der Waals surface area contributed by atoms with Crippen molar-refractivity contribution < 1.29 is 9.90 Å². The summed E-state index contributed by atoms with van der Waals surface area (Å²) in [6.45, 7) is 3.90. The van der Waals surface area contributed by atoms with E-state index in [1.165, 1.54) is 0 Å². The molecule has 1 unspecified atom stereocenters. The smallest absolute Gasteiger partial charge is 0.274 e. The minimum Gasteiger partial charge on any atom is -0.395 e. The second kappa shape index (κ2) is 5.21. The lowest BCUT2D eigenvalue weighted by Gasteiger charge is -2.22. The number of aromatic nitrogens is 2. The molecule has 1 aliphatic carbocycles. The van der Waals surface area contributed by atoms with Crippen molar-refractivity contribution in [1.29, 1.82) is 0 Å². The number of aromatic amines is 1. The van der Waals surface area contributed by atoms with E-state index in [9.17, 15) is 9.90 Å². The fourth-order valence-electron chi connectivity index (χ4n) is 2.20. The predicted molar refractivity (Wildman–Crippen MR) is 72.8 cm³/mol. The summed E-state index contributed by atoms with van der Waals surface area (Å²) in [5.74, 6) is 0.0919. The molecule has 1 fully saturated rings. The number of rotatable bonds is 6. The number of anilines is 1. The minimum absolute atomic E-state index is 0.199. The molecule has 1 heterocycles. The number of amides is 1. The van der Waals surface area contributed by atoms with Crippen molar-refractivity contribution in [1.82, 2.24) is 15.5 Å². The fourth-order valence-corrected chi connectivity index (χ4v) is 2.20. The molecule has 0 aliphatic heterocycles. The third-order valence-electron chi connectivity index (χ3n) is 3.45. The van der Waals surface area contributed by atoms with Crippen molar-refractivity contribution in [2.24, 2.45) is 0 Å². The Morgan fingerprint density at radius 3 is 2.89 bits per heavy atom. The van der Waals surface area contributed by atoms with Crippen LogP contribution in [-0.4, -0.2) is 33.4 Å². The molecule has 1 aromatic heterocycles. The van der Waals surface area contributed by atoms with E-state index in [-0.39, 0.29) is 18.1 Å². The van der Waals surface area contributed by atoms with Crippen LogP contribution in [0.25, 0.3) is 0 Å². The van der Waals surface area contributed by atoms with Crippen LogP contribution in [-0.2, 0) is 0 Å². The summed E-state index contributed by atoms with van der Waals surface area (Å²) in [7, 11) is 0. The summed E-state index contributed by atoms with van der Waals surface area (Å²) in [4.78, 5) is 12.0. The summed E-state index contributed by atoms with van der Waals surface area (Å²) in [6, 6.07) is 0. The minimum atomic E-state index is -0.894. The first kappa shape index (κ1) is 13.9. The van der Waals surface area contributed by atoms with E-state index >= 15 is 0 Å². The zero-order chi connectivity index (χ0) is 14.0. The van der Waals surface area contributed by atoms with Gasteiger partial charge in [-0.15, -0.1) is 0 Å². The molecule has 106 valence electrons. The molecule has 6 heteroatoms. The highest BCUT2D eigenvalue weighted by Gasteiger charge is 2.30. The van der Waals surface area contributed by atoms with Gasteiger partial charge in [-0.1, -0.05) is 13.3 Å². The van der Waals surface area contributed by atoms with Gasteiger partial charge in [0.05, 0.1) is 17.0 Å². The van der Waals surface area contributed by atoms with Crippen LogP contribution < -0.4 is 11.1 Å². The Hall–Kier alpha value is -1.56. The second-order valence-electron chi connectivity index (χ2n) is 5.60. The standard InChI is InChI=1S/C13H22N4O2/c1-3-6-13(2,19)7-15-12(18)11-9(14)10(16-17-11)8-4-5-8/h8,19H,3-7,14H2,1-2H3,(H,15,18)(H,16,17). The summed E-state index contributed by atoms with van der Waals surface area (Å²) < 4.78 is 0. The van der Waals surface area contributed by atoms with Crippen LogP contribution in [0.15, 0.2) is 0 Å². The van der Waals surface area contributed by atoms with Gasteiger partial charge in [-0.25, -0.2) is 0 Å². The predicted octanol–water partition coefficient (Wildman–Crippen LogP) is 1.15. The van der Waals surface area contributed by atoms with Gasteiger partial charge in [0.2, 0.25) is 0 Å². The molecule has 1 amide bonds. The molecule has 0 aromatic carbocycles. The molecule has 19 heavy (non-hydrogen) atoms. The van der Waals surface area contributed by atoms with E-state index in [0.717, 1.165) is 25.0 Å². The van der Waals surface area contributed by atoms with Crippen LogP contribution >= 0.6 is 0 Å². The quantitative estimate of drug-likeness (QED) is 0.620. The number of H-pyrrole nitrogens is 1. The highest BCUT2D eigenvalue weighted by atomic mass is 16.3.